The van der Waals surface area contributed by atoms with Crippen molar-refractivity contribution in [3.63, 3.8) is 0 Å². The minimum absolute atomic E-state index is 0.0603. The molecule has 16 heavy (non-hydrogen) atoms. The molecule has 0 aliphatic carbocycles. The number of methoxy groups -OCH3 is 1. The van der Waals surface area contributed by atoms with Gasteiger partial charge in [-0.3, -0.25) is 0 Å². The molecule has 3 nitrogen and oxygen atoms in total. The van der Waals surface area contributed by atoms with E-state index in [9.17, 15) is 0 Å². The quantitative estimate of drug-likeness (QED) is 0.835. The standard InChI is InChI=1S/C12H18ClNO2/c1-9(6-7-15-2)16-12-10(8-14)4-3-5-11(12)13/h3-5,9H,6-8,14H2,1-2H3. The summed E-state index contributed by atoms with van der Waals surface area (Å²) >= 11 is 6.07. The summed E-state index contributed by atoms with van der Waals surface area (Å²) in [6.45, 7) is 3.08. The summed E-state index contributed by atoms with van der Waals surface area (Å²) in [5.41, 5.74) is 6.56. The number of benzene rings is 1. The number of hydrogen-bond donors (Lipinski definition) is 1. The predicted molar refractivity (Wildman–Crippen MR) is 65.9 cm³/mol. The van der Waals surface area contributed by atoms with Crippen molar-refractivity contribution < 1.29 is 9.47 Å². The van der Waals surface area contributed by atoms with Crippen LogP contribution in [-0.2, 0) is 11.3 Å². The van der Waals surface area contributed by atoms with Crippen LogP contribution in [0, 0.1) is 0 Å². The van der Waals surface area contributed by atoms with Crippen LogP contribution in [0.5, 0.6) is 5.75 Å². The predicted octanol–water partition coefficient (Wildman–Crippen LogP) is 2.60. The third-order valence-electron chi connectivity index (χ3n) is 2.32. The number of nitrogens with two attached hydrogens (primary N) is 1. The van der Waals surface area contributed by atoms with Gasteiger partial charge in [0.05, 0.1) is 11.1 Å². The Morgan fingerprint density at radius 3 is 2.81 bits per heavy atom. The zero-order valence-corrected chi connectivity index (χ0v) is 10.5. The van der Waals surface area contributed by atoms with Gasteiger partial charge in [-0.15, -0.1) is 0 Å². The van der Waals surface area contributed by atoms with Gasteiger partial charge in [-0.1, -0.05) is 23.7 Å². The van der Waals surface area contributed by atoms with E-state index in [-0.39, 0.29) is 6.10 Å². The van der Waals surface area contributed by atoms with Gasteiger partial charge in [0.15, 0.2) is 0 Å². The monoisotopic (exact) mass is 243 g/mol. The smallest absolute Gasteiger partial charge is 0.142 e. The first-order chi connectivity index (χ1) is 7.69. The largest absolute Gasteiger partial charge is 0.489 e. The third kappa shape index (κ3) is 3.67. The molecule has 1 aromatic rings. The van der Waals surface area contributed by atoms with E-state index in [0.717, 1.165) is 12.0 Å². The molecule has 1 rings (SSSR count). The van der Waals surface area contributed by atoms with E-state index in [1.165, 1.54) is 0 Å². The van der Waals surface area contributed by atoms with Crippen molar-refractivity contribution in [1.82, 2.24) is 0 Å². The summed E-state index contributed by atoms with van der Waals surface area (Å²) in [6, 6.07) is 5.60. The lowest BCUT2D eigenvalue weighted by Crippen LogP contribution is -2.16. The van der Waals surface area contributed by atoms with Gasteiger partial charge in [-0.25, -0.2) is 0 Å². The molecule has 1 atom stereocenters. The van der Waals surface area contributed by atoms with Crippen molar-refractivity contribution in [2.24, 2.45) is 5.73 Å². The maximum absolute atomic E-state index is 6.07. The molecule has 1 aromatic carbocycles. The average Bonchev–Trinajstić information content (AvgIpc) is 2.29. The van der Waals surface area contributed by atoms with Crippen LogP contribution in [0.1, 0.15) is 18.9 Å². The summed E-state index contributed by atoms with van der Waals surface area (Å²) in [6.07, 6.45) is 0.885. The van der Waals surface area contributed by atoms with Gasteiger partial charge in [0.1, 0.15) is 5.75 Å². The molecule has 0 fully saturated rings. The molecule has 0 aromatic heterocycles. The minimum atomic E-state index is 0.0603. The highest BCUT2D eigenvalue weighted by Crippen LogP contribution is 2.29. The fourth-order valence-electron chi connectivity index (χ4n) is 1.39. The van der Waals surface area contributed by atoms with Gasteiger partial charge < -0.3 is 15.2 Å². The molecule has 4 heteroatoms. The molecule has 0 saturated carbocycles. The van der Waals surface area contributed by atoms with Crippen molar-refractivity contribution >= 4 is 11.6 Å². The van der Waals surface area contributed by atoms with Crippen LogP contribution < -0.4 is 10.5 Å². The van der Waals surface area contributed by atoms with Crippen LogP contribution in [0.15, 0.2) is 18.2 Å². The maximum Gasteiger partial charge on any atom is 0.142 e. The van der Waals surface area contributed by atoms with Gasteiger partial charge in [0.25, 0.3) is 0 Å². The summed E-state index contributed by atoms with van der Waals surface area (Å²) < 4.78 is 10.8. The number of ether oxygens (including phenoxy) is 2. The molecule has 90 valence electrons. The van der Waals surface area contributed by atoms with Crippen LogP contribution in [0.25, 0.3) is 0 Å². The van der Waals surface area contributed by atoms with Gasteiger partial charge >= 0.3 is 0 Å². The first-order valence-corrected chi connectivity index (χ1v) is 5.70. The van der Waals surface area contributed by atoms with Crippen LogP contribution in [0.2, 0.25) is 5.02 Å². The Bertz CT molecular complexity index is 331. The van der Waals surface area contributed by atoms with E-state index in [1.807, 2.05) is 19.1 Å². The van der Waals surface area contributed by atoms with Crippen molar-refractivity contribution in [2.45, 2.75) is 26.0 Å². The second kappa shape index (κ2) is 6.74. The van der Waals surface area contributed by atoms with Gasteiger partial charge in [0, 0.05) is 32.2 Å². The van der Waals surface area contributed by atoms with Gasteiger partial charge in [0.2, 0.25) is 0 Å². The highest BCUT2D eigenvalue weighted by Gasteiger charge is 2.11. The van der Waals surface area contributed by atoms with E-state index < -0.39 is 0 Å². The first-order valence-electron chi connectivity index (χ1n) is 5.32. The number of para-hydroxylation sites is 1. The van der Waals surface area contributed by atoms with Gasteiger partial charge in [-0.2, -0.15) is 0 Å². The van der Waals surface area contributed by atoms with Crippen LogP contribution in [0.4, 0.5) is 0 Å². The number of rotatable bonds is 6. The van der Waals surface area contributed by atoms with E-state index in [0.29, 0.717) is 23.9 Å². The second-order valence-corrected chi connectivity index (χ2v) is 4.05. The zero-order chi connectivity index (χ0) is 12.0. The highest BCUT2D eigenvalue weighted by molar-refractivity contribution is 6.32. The molecular formula is C12H18ClNO2. The second-order valence-electron chi connectivity index (χ2n) is 3.64. The lowest BCUT2D eigenvalue weighted by Gasteiger charge is -2.17. The highest BCUT2D eigenvalue weighted by atomic mass is 35.5. The molecule has 0 bridgehead atoms. The van der Waals surface area contributed by atoms with Gasteiger partial charge in [-0.05, 0) is 13.0 Å². The molecule has 2 N–H and O–H groups in total. The molecule has 0 amide bonds. The fourth-order valence-corrected chi connectivity index (χ4v) is 1.63. The Labute approximate surface area is 101 Å². The van der Waals surface area contributed by atoms with E-state index in [2.05, 4.69) is 0 Å². The lowest BCUT2D eigenvalue weighted by atomic mass is 10.2. The summed E-state index contributed by atoms with van der Waals surface area (Å²) in [4.78, 5) is 0. The zero-order valence-electron chi connectivity index (χ0n) is 9.70. The summed E-state index contributed by atoms with van der Waals surface area (Å²) in [5.74, 6) is 0.690. The van der Waals surface area contributed by atoms with Crippen LogP contribution in [0.3, 0.4) is 0 Å². The summed E-state index contributed by atoms with van der Waals surface area (Å²) in [5, 5.41) is 0.604. The molecular weight excluding hydrogens is 226 g/mol. The van der Waals surface area contributed by atoms with Crippen LogP contribution in [-0.4, -0.2) is 19.8 Å². The number of halogens is 1. The fraction of sp³-hybridized carbons (Fsp3) is 0.500. The minimum Gasteiger partial charge on any atom is -0.489 e. The molecule has 0 saturated heterocycles. The Hall–Kier alpha value is -0.770. The Balaban J connectivity index is 2.71. The van der Waals surface area contributed by atoms with Crippen molar-refractivity contribution in [2.75, 3.05) is 13.7 Å². The lowest BCUT2D eigenvalue weighted by molar-refractivity contribution is 0.134. The molecule has 0 heterocycles. The topological polar surface area (TPSA) is 44.5 Å². The van der Waals surface area contributed by atoms with E-state index >= 15 is 0 Å². The number of hydrogen-bond acceptors (Lipinski definition) is 3. The summed E-state index contributed by atoms with van der Waals surface area (Å²) in [7, 11) is 1.67. The molecule has 0 aliphatic rings. The molecule has 1 unspecified atom stereocenters. The van der Waals surface area contributed by atoms with Crippen molar-refractivity contribution in [3.05, 3.63) is 28.8 Å². The normalized spacial score (nSPS) is 12.5. The Kier molecular flexibility index (Phi) is 5.60. The Morgan fingerprint density at radius 2 is 2.19 bits per heavy atom. The average molecular weight is 244 g/mol. The SMILES string of the molecule is COCCC(C)Oc1c(Cl)cccc1CN. The first kappa shape index (κ1) is 13.3. The van der Waals surface area contributed by atoms with Crippen molar-refractivity contribution in [3.8, 4) is 5.75 Å². The van der Waals surface area contributed by atoms with E-state index in [4.69, 9.17) is 26.8 Å². The van der Waals surface area contributed by atoms with Crippen molar-refractivity contribution in [1.29, 1.82) is 0 Å². The molecule has 0 radical (unpaired) electrons. The van der Waals surface area contributed by atoms with Crippen LogP contribution >= 0.6 is 11.6 Å². The Morgan fingerprint density at radius 1 is 1.44 bits per heavy atom. The van der Waals surface area contributed by atoms with E-state index in [1.54, 1.807) is 13.2 Å². The third-order valence-corrected chi connectivity index (χ3v) is 2.61. The maximum atomic E-state index is 6.07. The molecule has 0 spiro atoms. The molecule has 0 aliphatic heterocycles.